The molecule has 94 valence electrons. The van der Waals surface area contributed by atoms with Gasteiger partial charge in [-0.05, 0) is 29.8 Å². The van der Waals surface area contributed by atoms with Gasteiger partial charge in [-0.1, -0.05) is 41.9 Å². The van der Waals surface area contributed by atoms with E-state index in [4.69, 9.17) is 15.8 Å². The van der Waals surface area contributed by atoms with E-state index in [1.807, 2.05) is 0 Å². The average Bonchev–Trinajstić information content (AvgIpc) is 2.38. The van der Waals surface area contributed by atoms with E-state index in [0.29, 0.717) is 10.6 Å². The van der Waals surface area contributed by atoms with Crippen LogP contribution in [0.25, 0.3) is 0 Å². The van der Waals surface area contributed by atoms with Gasteiger partial charge in [-0.15, -0.1) is 0 Å². The Morgan fingerprint density at radius 1 is 1.00 bits per heavy atom. The van der Waals surface area contributed by atoms with Crippen LogP contribution in [0.4, 0.5) is 0 Å². The second-order valence-corrected chi connectivity index (χ2v) is 5.71. The van der Waals surface area contributed by atoms with Crippen LogP contribution in [0.3, 0.4) is 0 Å². The second kappa shape index (κ2) is 5.52. The number of benzene rings is 2. The van der Waals surface area contributed by atoms with Crippen LogP contribution in [0.15, 0.2) is 59.5 Å². The Kier molecular flexibility index (Phi) is 4.01. The van der Waals surface area contributed by atoms with E-state index in [1.54, 1.807) is 42.5 Å². The maximum atomic E-state index is 11.8. The van der Waals surface area contributed by atoms with E-state index < -0.39 is 10.1 Å². The highest BCUT2D eigenvalue weighted by Gasteiger charge is 2.14. The molecule has 0 radical (unpaired) electrons. The minimum atomic E-state index is -3.71. The van der Waals surface area contributed by atoms with Gasteiger partial charge in [-0.2, -0.15) is 8.42 Å². The van der Waals surface area contributed by atoms with Crippen molar-refractivity contribution in [1.82, 2.24) is 0 Å². The molecule has 0 saturated heterocycles. The Morgan fingerprint density at radius 3 is 2.39 bits per heavy atom. The van der Waals surface area contributed by atoms with Gasteiger partial charge in [0.2, 0.25) is 0 Å². The summed E-state index contributed by atoms with van der Waals surface area (Å²) in [5, 5.41) is 0.549. The molecule has 2 rings (SSSR count). The minimum absolute atomic E-state index is 0.0300. The Morgan fingerprint density at radius 2 is 1.72 bits per heavy atom. The van der Waals surface area contributed by atoms with Crippen LogP contribution in [0, 0.1) is 0 Å². The molecule has 3 nitrogen and oxygen atoms in total. The zero-order chi connectivity index (χ0) is 13.0. The molecule has 2 aromatic carbocycles. The molecular formula is C13H11ClO3S. The highest BCUT2D eigenvalue weighted by molar-refractivity contribution is 7.86. The molecular weight excluding hydrogens is 272 g/mol. The summed E-state index contributed by atoms with van der Waals surface area (Å²) >= 11 is 5.81. The molecule has 0 saturated carbocycles. The number of halogens is 1. The lowest BCUT2D eigenvalue weighted by atomic mass is 10.2. The van der Waals surface area contributed by atoms with Gasteiger partial charge in [-0.3, -0.25) is 4.18 Å². The summed E-state index contributed by atoms with van der Waals surface area (Å²) in [5.41, 5.74) is 0.710. The lowest BCUT2D eigenvalue weighted by molar-refractivity contribution is 0.308. The normalized spacial score (nSPS) is 11.4. The molecule has 18 heavy (non-hydrogen) atoms. The summed E-state index contributed by atoms with van der Waals surface area (Å²) in [5.74, 6) is 0. The minimum Gasteiger partial charge on any atom is -0.262 e. The fourth-order valence-electron chi connectivity index (χ4n) is 1.43. The number of hydrogen-bond donors (Lipinski definition) is 0. The lowest BCUT2D eigenvalue weighted by Gasteiger charge is -2.05. The molecule has 0 aromatic heterocycles. The SMILES string of the molecule is O=S(=O)(OCc1cccc(Cl)c1)c1ccccc1. The predicted octanol–water partition coefficient (Wildman–Crippen LogP) is 3.25. The fourth-order valence-corrected chi connectivity index (χ4v) is 2.56. The lowest BCUT2D eigenvalue weighted by Crippen LogP contribution is -2.06. The molecule has 2 aromatic rings. The molecule has 0 atom stereocenters. The van der Waals surface area contributed by atoms with Crippen molar-refractivity contribution in [3.05, 3.63) is 65.2 Å². The van der Waals surface area contributed by atoms with Crippen LogP contribution in [0.1, 0.15) is 5.56 Å². The van der Waals surface area contributed by atoms with Gasteiger partial charge in [0.05, 0.1) is 11.5 Å². The van der Waals surface area contributed by atoms with Crippen molar-refractivity contribution in [2.45, 2.75) is 11.5 Å². The predicted molar refractivity (Wildman–Crippen MR) is 69.9 cm³/mol. The summed E-state index contributed by atoms with van der Waals surface area (Å²) in [4.78, 5) is 0.145. The molecule has 0 N–H and O–H groups in total. The fraction of sp³-hybridized carbons (Fsp3) is 0.0769. The van der Waals surface area contributed by atoms with Crippen LogP contribution in [-0.4, -0.2) is 8.42 Å². The van der Waals surface area contributed by atoms with Gasteiger partial charge in [0, 0.05) is 5.02 Å². The zero-order valence-corrected chi connectivity index (χ0v) is 11.0. The van der Waals surface area contributed by atoms with Crippen LogP contribution in [-0.2, 0) is 20.9 Å². The molecule has 0 bridgehead atoms. The van der Waals surface area contributed by atoms with Gasteiger partial charge < -0.3 is 0 Å². The van der Waals surface area contributed by atoms with Gasteiger partial charge in [0.15, 0.2) is 0 Å². The average molecular weight is 283 g/mol. The molecule has 0 aliphatic rings. The standard InChI is InChI=1S/C13H11ClO3S/c14-12-6-4-5-11(9-12)10-17-18(15,16)13-7-2-1-3-8-13/h1-9H,10H2. The van der Waals surface area contributed by atoms with Crippen molar-refractivity contribution in [2.24, 2.45) is 0 Å². The third kappa shape index (κ3) is 3.32. The topological polar surface area (TPSA) is 43.4 Å². The largest absolute Gasteiger partial charge is 0.297 e. The van der Waals surface area contributed by atoms with Crippen molar-refractivity contribution in [3.63, 3.8) is 0 Å². The summed E-state index contributed by atoms with van der Waals surface area (Å²) in [6.45, 7) is -0.0300. The van der Waals surface area contributed by atoms with Gasteiger partial charge in [0.1, 0.15) is 0 Å². The maximum Gasteiger partial charge on any atom is 0.297 e. The van der Waals surface area contributed by atoms with Gasteiger partial charge in [0.25, 0.3) is 10.1 Å². The molecule has 5 heteroatoms. The Bertz CT molecular complexity index is 624. The molecule has 0 aliphatic carbocycles. The summed E-state index contributed by atoms with van der Waals surface area (Å²) in [6, 6.07) is 14.9. The second-order valence-electron chi connectivity index (χ2n) is 3.66. The first-order valence-electron chi connectivity index (χ1n) is 5.27. The Balaban J connectivity index is 2.11. The Hall–Kier alpha value is -1.36. The molecule has 0 unspecified atom stereocenters. The summed E-state index contributed by atoms with van der Waals surface area (Å²) in [7, 11) is -3.71. The van der Waals surface area contributed by atoms with E-state index >= 15 is 0 Å². The van der Waals surface area contributed by atoms with Gasteiger partial charge in [-0.25, -0.2) is 0 Å². The molecule has 0 heterocycles. The summed E-state index contributed by atoms with van der Waals surface area (Å²) in [6.07, 6.45) is 0. The van der Waals surface area contributed by atoms with E-state index in [-0.39, 0.29) is 11.5 Å². The van der Waals surface area contributed by atoms with Gasteiger partial charge >= 0.3 is 0 Å². The van der Waals surface area contributed by atoms with Crippen LogP contribution < -0.4 is 0 Å². The van der Waals surface area contributed by atoms with E-state index in [0.717, 1.165) is 0 Å². The maximum absolute atomic E-state index is 11.8. The highest BCUT2D eigenvalue weighted by Crippen LogP contribution is 2.16. The van der Waals surface area contributed by atoms with Crippen molar-refractivity contribution in [3.8, 4) is 0 Å². The van der Waals surface area contributed by atoms with Crippen molar-refractivity contribution < 1.29 is 12.6 Å². The van der Waals surface area contributed by atoms with Crippen molar-refractivity contribution in [2.75, 3.05) is 0 Å². The first-order valence-corrected chi connectivity index (χ1v) is 7.05. The van der Waals surface area contributed by atoms with Crippen molar-refractivity contribution >= 4 is 21.7 Å². The summed E-state index contributed by atoms with van der Waals surface area (Å²) < 4.78 is 28.6. The molecule has 0 spiro atoms. The van der Waals surface area contributed by atoms with E-state index in [2.05, 4.69) is 0 Å². The first kappa shape index (κ1) is 13.1. The van der Waals surface area contributed by atoms with Crippen LogP contribution >= 0.6 is 11.6 Å². The van der Waals surface area contributed by atoms with Crippen molar-refractivity contribution in [1.29, 1.82) is 0 Å². The monoisotopic (exact) mass is 282 g/mol. The Labute approximate surface area is 111 Å². The quantitative estimate of drug-likeness (QED) is 0.809. The number of rotatable bonds is 4. The third-order valence-corrected chi connectivity index (χ3v) is 3.81. The first-order chi connectivity index (χ1) is 8.58. The highest BCUT2D eigenvalue weighted by atomic mass is 35.5. The smallest absolute Gasteiger partial charge is 0.262 e. The molecule has 0 aliphatic heterocycles. The van der Waals surface area contributed by atoms with E-state index in [9.17, 15) is 8.42 Å². The molecule has 0 fully saturated rings. The third-order valence-electron chi connectivity index (χ3n) is 2.30. The zero-order valence-electron chi connectivity index (χ0n) is 9.41. The molecule has 0 amide bonds. The van der Waals surface area contributed by atoms with Crippen LogP contribution in [0.5, 0.6) is 0 Å². The van der Waals surface area contributed by atoms with Crippen LogP contribution in [0.2, 0.25) is 5.02 Å². The van der Waals surface area contributed by atoms with E-state index in [1.165, 1.54) is 12.1 Å². The number of hydrogen-bond acceptors (Lipinski definition) is 3.